The van der Waals surface area contributed by atoms with Gasteiger partial charge in [-0.15, -0.1) is 11.3 Å². The molecule has 3 rings (SSSR count). The SMILES string of the molecule is CN1CCN(C(=O)Cc2ccc(NC(=O)c3csc(CCN)n3)cc2)CC1. The molecule has 144 valence electrons. The van der Waals surface area contributed by atoms with Crippen LogP contribution in [0.4, 0.5) is 5.69 Å². The molecular formula is C19H25N5O2S. The monoisotopic (exact) mass is 387 g/mol. The fraction of sp³-hybridized carbons (Fsp3) is 0.421. The number of likely N-dealkylation sites (N-methyl/N-ethyl adjacent to an activating group) is 1. The largest absolute Gasteiger partial charge is 0.340 e. The number of aromatic nitrogens is 1. The van der Waals surface area contributed by atoms with Crippen LogP contribution in [0.25, 0.3) is 0 Å². The first-order chi connectivity index (χ1) is 13.0. The molecule has 7 nitrogen and oxygen atoms in total. The van der Waals surface area contributed by atoms with Gasteiger partial charge in [-0.3, -0.25) is 9.59 Å². The second-order valence-electron chi connectivity index (χ2n) is 6.68. The Morgan fingerprint density at radius 1 is 1.19 bits per heavy atom. The van der Waals surface area contributed by atoms with E-state index in [1.807, 2.05) is 29.2 Å². The molecule has 0 unspecified atom stereocenters. The van der Waals surface area contributed by atoms with E-state index in [1.165, 1.54) is 11.3 Å². The highest BCUT2D eigenvalue weighted by Gasteiger charge is 2.19. The van der Waals surface area contributed by atoms with Gasteiger partial charge < -0.3 is 20.9 Å². The Bertz CT molecular complexity index is 782. The Hall–Kier alpha value is -2.29. The van der Waals surface area contributed by atoms with Crippen molar-refractivity contribution in [1.29, 1.82) is 0 Å². The lowest BCUT2D eigenvalue weighted by atomic mass is 10.1. The molecule has 1 aliphatic heterocycles. The van der Waals surface area contributed by atoms with Crippen molar-refractivity contribution in [3.8, 4) is 0 Å². The van der Waals surface area contributed by atoms with Crippen molar-refractivity contribution < 1.29 is 9.59 Å². The van der Waals surface area contributed by atoms with Crippen molar-refractivity contribution in [2.75, 3.05) is 45.1 Å². The number of anilines is 1. The summed E-state index contributed by atoms with van der Waals surface area (Å²) in [5.41, 5.74) is 7.53. The summed E-state index contributed by atoms with van der Waals surface area (Å²) in [4.78, 5) is 33.1. The standard InChI is InChI=1S/C19H25N5O2S/c1-23-8-10-24(11-9-23)18(25)12-14-2-4-15(5-3-14)21-19(26)16-13-27-17(22-16)6-7-20/h2-5,13H,6-12,20H2,1H3,(H,21,26). The van der Waals surface area contributed by atoms with Crippen molar-refractivity contribution in [3.63, 3.8) is 0 Å². The number of piperazine rings is 1. The molecule has 0 radical (unpaired) electrons. The zero-order valence-corrected chi connectivity index (χ0v) is 16.3. The number of carbonyl (C=O) groups is 2. The Morgan fingerprint density at radius 2 is 1.89 bits per heavy atom. The molecule has 1 saturated heterocycles. The maximum absolute atomic E-state index is 12.4. The molecule has 1 aliphatic rings. The number of rotatable bonds is 6. The number of hydrogen-bond acceptors (Lipinski definition) is 6. The van der Waals surface area contributed by atoms with Gasteiger partial charge in [-0.25, -0.2) is 4.98 Å². The third kappa shape index (κ3) is 5.35. The molecule has 3 N–H and O–H groups in total. The maximum Gasteiger partial charge on any atom is 0.275 e. The summed E-state index contributed by atoms with van der Waals surface area (Å²) < 4.78 is 0. The minimum atomic E-state index is -0.240. The van der Waals surface area contributed by atoms with Crippen molar-refractivity contribution >= 4 is 28.8 Å². The van der Waals surface area contributed by atoms with Crippen molar-refractivity contribution in [2.24, 2.45) is 5.73 Å². The molecule has 0 atom stereocenters. The van der Waals surface area contributed by atoms with E-state index < -0.39 is 0 Å². The topological polar surface area (TPSA) is 91.6 Å². The van der Waals surface area contributed by atoms with E-state index in [-0.39, 0.29) is 11.8 Å². The maximum atomic E-state index is 12.4. The van der Waals surface area contributed by atoms with Crippen LogP contribution in [0.1, 0.15) is 21.1 Å². The van der Waals surface area contributed by atoms with Crippen LogP contribution in [-0.4, -0.2) is 66.4 Å². The predicted octanol–water partition coefficient (Wildman–Crippen LogP) is 1.21. The van der Waals surface area contributed by atoms with Crippen molar-refractivity contribution in [3.05, 3.63) is 45.9 Å². The number of nitrogens with zero attached hydrogens (tertiary/aromatic N) is 3. The number of carbonyl (C=O) groups excluding carboxylic acids is 2. The van der Waals surface area contributed by atoms with E-state index in [1.54, 1.807) is 5.38 Å². The lowest BCUT2D eigenvalue weighted by Crippen LogP contribution is -2.47. The third-order valence-electron chi connectivity index (χ3n) is 4.57. The number of thiazole rings is 1. The minimum Gasteiger partial charge on any atom is -0.340 e. The lowest BCUT2D eigenvalue weighted by Gasteiger charge is -2.32. The highest BCUT2D eigenvalue weighted by molar-refractivity contribution is 7.09. The normalized spacial score (nSPS) is 15.0. The summed E-state index contributed by atoms with van der Waals surface area (Å²) in [6, 6.07) is 7.39. The second kappa shape index (κ2) is 9.07. The van der Waals surface area contributed by atoms with E-state index >= 15 is 0 Å². The average Bonchev–Trinajstić information content (AvgIpc) is 3.13. The lowest BCUT2D eigenvalue weighted by molar-refractivity contribution is -0.132. The van der Waals surface area contributed by atoms with Crippen LogP contribution >= 0.6 is 11.3 Å². The van der Waals surface area contributed by atoms with Gasteiger partial charge >= 0.3 is 0 Å². The van der Waals surface area contributed by atoms with Gasteiger partial charge in [-0.2, -0.15) is 0 Å². The van der Waals surface area contributed by atoms with Crippen LogP contribution in [0.3, 0.4) is 0 Å². The second-order valence-corrected chi connectivity index (χ2v) is 7.62. The van der Waals surface area contributed by atoms with Crippen molar-refractivity contribution in [1.82, 2.24) is 14.8 Å². The highest BCUT2D eigenvalue weighted by atomic mass is 32.1. The van der Waals surface area contributed by atoms with E-state index in [2.05, 4.69) is 22.2 Å². The van der Waals surface area contributed by atoms with E-state index in [9.17, 15) is 9.59 Å². The minimum absolute atomic E-state index is 0.148. The number of nitrogens with one attached hydrogen (secondary N) is 1. The molecule has 0 aliphatic carbocycles. The van der Waals surface area contributed by atoms with Crippen LogP contribution in [-0.2, 0) is 17.6 Å². The molecule has 2 amide bonds. The summed E-state index contributed by atoms with van der Waals surface area (Å²) in [5.74, 6) is -0.0921. The van der Waals surface area contributed by atoms with Crippen LogP contribution in [0.15, 0.2) is 29.6 Å². The van der Waals surface area contributed by atoms with Gasteiger partial charge in [0.15, 0.2) is 0 Å². The molecule has 0 spiro atoms. The zero-order chi connectivity index (χ0) is 19.2. The van der Waals surface area contributed by atoms with E-state index in [4.69, 9.17) is 5.73 Å². The summed E-state index contributed by atoms with van der Waals surface area (Å²) in [6.07, 6.45) is 1.06. The Balaban J connectivity index is 1.53. The number of hydrogen-bond donors (Lipinski definition) is 2. The van der Waals surface area contributed by atoms with Gasteiger partial charge in [0.1, 0.15) is 5.69 Å². The molecule has 1 aromatic heterocycles. The molecule has 2 heterocycles. The molecule has 27 heavy (non-hydrogen) atoms. The van der Waals surface area contributed by atoms with E-state index in [0.717, 1.165) is 36.8 Å². The Labute approximate surface area is 163 Å². The molecule has 1 fully saturated rings. The number of amides is 2. The van der Waals surface area contributed by atoms with Gasteiger partial charge in [0.2, 0.25) is 5.91 Å². The molecule has 1 aromatic carbocycles. The highest BCUT2D eigenvalue weighted by Crippen LogP contribution is 2.15. The molecule has 8 heteroatoms. The number of nitrogens with two attached hydrogens (primary N) is 1. The van der Waals surface area contributed by atoms with Crippen LogP contribution in [0.2, 0.25) is 0 Å². The zero-order valence-electron chi connectivity index (χ0n) is 15.5. The first kappa shape index (κ1) is 19.5. The summed E-state index contributed by atoms with van der Waals surface area (Å²) >= 11 is 1.44. The molecule has 2 aromatic rings. The first-order valence-electron chi connectivity index (χ1n) is 9.06. The van der Waals surface area contributed by atoms with Crippen LogP contribution < -0.4 is 11.1 Å². The predicted molar refractivity (Wildman–Crippen MR) is 107 cm³/mol. The molecular weight excluding hydrogens is 362 g/mol. The number of benzene rings is 1. The van der Waals surface area contributed by atoms with Gasteiger partial charge in [0, 0.05) is 43.7 Å². The Kier molecular flexibility index (Phi) is 6.54. The summed E-state index contributed by atoms with van der Waals surface area (Å²) in [5, 5.41) is 5.44. The first-order valence-corrected chi connectivity index (χ1v) is 9.94. The third-order valence-corrected chi connectivity index (χ3v) is 5.47. The summed E-state index contributed by atoms with van der Waals surface area (Å²) in [7, 11) is 2.07. The molecule has 0 saturated carbocycles. The quantitative estimate of drug-likeness (QED) is 0.777. The average molecular weight is 388 g/mol. The van der Waals surface area contributed by atoms with Gasteiger partial charge in [-0.1, -0.05) is 12.1 Å². The fourth-order valence-electron chi connectivity index (χ4n) is 2.90. The van der Waals surface area contributed by atoms with Gasteiger partial charge in [0.25, 0.3) is 5.91 Å². The van der Waals surface area contributed by atoms with Crippen molar-refractivity contribution in [2.45, 2.75) is 12.8 Å². The van der Waals surface area contributed by atoms with Gasteiger partial charge in [-0.05, 0) is 31.3 Å². The van der Waals surface area contributed by atoms with Crippen LogP contribution in [0, 0.1) is 0 Å². The molecule has 0 bridgehead atoms. The fourth-order valence-corrected chi connectivity index (χ4v) is 3.69. The van der Waals surface area contributed by atoms with Gasteiger partial charge in [0.05, 0.1) is 11.4 Å². The smallest absolute Gasteiger partial charge is 0.275 e. The Morgan fingerprint density at radius 3 is 2.56 bits per heavy atom. The van der Waals surface area contributed by atoms with E-state index in [0.29, 0.717) is 30.8 Å². The van der Waals surface area contributed by atoms with Crippen LogP contribution in [0.5, 0.6) is 0 Å². The summed E-state index contributed by atoms with van der Waals surface area (Å²) in [6.45, 7) is 3.91.